The third kappa shape index (κ3) is 4.02. The number of rotatable bonds is 5. The second kappa shape index (κ2) is 7.90. The lowest BCUT2D eigenvalue weighted by molar-refractivity contribution is -0.914. The van der Waals surface area contributed by atoms with Crippen molar-refractivity contribution in [1.82, 2.24) is 0 Å². The van der Waals surface area contributed by atoms with Crippen LogP contribution in [-0.4, -0.2) is 40.4 Å². The smallest absolute Gasteiger partial charge is 0.127 e. The number of halogens is 1. The Morgan fingerprint density at radius 2 is 1.83 bits per heavy atom. The van der Waals surface area contributed by atoms with E-state index in [9.17, 15) is 0 Å². The average molecular weight is 392 g/mol. The Hall–Kier alpha value is -1.72. The molecule has 0 aliphatic carbocycles. The Bertz CT molecular complexity index is 685. The Morgan fingerprint density at radius 3 is 2.54 bits per heavy atom. The fourth-order valence-electron chi connectivity index (χ4n) is 3.22. The molecule has 1 N–H and O–H groups in total. The number of nitrogens with zero attached hydrogens (tertiary/aromatic N) is 1. The molecule has 0 aromatic heterocycles. The first kappa shape index (κ1) is 17.1. The van der Waals surface area contributed by atoms with Crippen LogP contribution in [0, 0.1) is 0 Å². The Morgan fingerprint density at radius 1 is 1.04 bits per heavy atom. The molecule has 128 valence electrons. The van der Waals surface area contributed by atoms with Crippen LogP contribution < -0.4 is 19.3 Å². The number of piperazine rings is 1. The molecule has 1 fully saturated rings. The summed E-state index contributed by atoms with van der Waals surface area (Å²) in [4.78, 5) is 4.02. The van der Waals surface area contributed by atoms with Crippen LogP contribution in [0.5, 0.6) is 11.5 Å². The quantitative estimate of drug-likeness (QED) is 0.847. The monoisotopic (exact) mass is 391 g/mol. The molecule has 24 heavy (non-hydrogen) atoms. The Kier molecular flexibility index (Phi) is 5.63. The number of methoxy groups -OCH3 is 2. The summed E-state index contributed by atoms with van der Waals surface area (Å²) in [6, 6.07) is 14.5. The molecule has 0 spiro atoms. The van der Waals surface area contributed by atoms with Crippen molar-refractivity contribution in [3.05, 3.63) is 52.5 Å². The van der Waals surface area contributed by atoms with E-state index in [2.05, 4.69) is 45.1 Å². The molecule has 2 aromatic rings. The molecule has 4 nitrogen and oxygen atoms in total. The zero-order valence-corrected chi connectivity index (χ0v) is 15.8. The van der Waals surface area contributed by atoms with Gasteiger partial charge in [-0.25, -0.2) is 0 Å². The zero-order chi connectivity index (χ0) is 16.9. The minimum Gasteiger partial charge on any atom is -0.497 e. The van der Waals surface area contributed by atoms with Crippen molar-refractivity contribution in [3.8, 4) is 11.5 Å². The predicted octanol–water partition coefficient (Wildman–Crippen LogP) is 2.37. The molecule has 2 aromatic carbocycles. The van der Waals surface area contributed by atoms with Crippen LogP contribution in [0.25, 0.3) is 0 Å². The van der Waals surface area contributed by atoms with Crippen molar-refractivity contribution in [1.29, 1.82) is 0 Å². The second-order valence-corrected chi connectivity index (χ2v) is 6.99. The molecule has 0 atom stereocenters. The van der Waals surface area contributed by atoms with Gasteiger partial charge in [0, 0.05) is 21.8 Å². The van der Waals surface area contributed by atoms with Crippen molar-refractivity contribution >= 4 is 21.6 Å². The molecule has 0 amide bonds. The largest absolute Gasteiger partial charge is 0.497 e. The molecule has 1 aliphatic heterocycles. The van der Waals surface area contributed by atoms with Crippen LogP contribution in [0.2, 0.25) is 0 Å². The summed E-state index contributed by atoms with van der Waals surface area (Å²) in [6.07, 6.45) is 0. The maximum Gasteiger partial charge on any atom is 0.127 e. The van der Waals surface area contributed by atoms with Crippen LogP contribution in [-0.2, 0) is 6.54 Å². The zero-order valence-electron chi connectivity index (χ0n) is 14.2. The van der Waals surface area contributed by atoms with Gasteiger partial charge in [0.05, 0.1) is 40.4 Å². The van der Waals surface area contributed by atoms with Gasteiger partial charge >= 0.3 is 0 Å². The number of nitrogens with one attached hydrogen (secondary N) is 1. The average Bonchev–Trinajstić information content (AvgIpc) is 2.62. The maximum atomic E-state index is 5.50. The lowest BCUT2D eigenvalue weighted by atomic mass is 10.1. The minimum atomic E-state index is 0.918. The van der Waals surface area contributed by atoms with Gasteiger partial charge in [-0.05, 0) is 30.3 Å². The summed E-state index contributed by atoms with van der Waals surface area (Å²) < 4.78 is 11.9. The number of hydrogen-bond donors (Lipinski definition) is 1. The lowest BCUT2D eigenvalue weighted by Crippen LogP contribution is -3.13. The summed E-state index contributed by atoms with van der Waals surface area (Å²) in [7, 11) is 3.45. The van der Waals surface area contributed by atoms with Crippen molar-refractivity contribution in [2.45, 2.75) is 6.54 Å². The molecule has 0 saturated carbocycles. The molecule has 0 unspecified atom stereocenters. The number of benzene rings is 2. The highest BCUT2D eigenvalue weighted by molar-refractivity contribution is 9.10. The highest BCUT2D eigenvalue weighted by atomic mass is 79.9. The van der Waals surface area contributed by atoms with E-state index in [1.807, 2.05) is 18.2 Å². The van der Waals surface area contributed by atoms with E-state index in [0.717, 1.165) is 48.7 Å². The third-order valence-electron chi connectivity index (χ3n) is 4.57. The molecule has 0 radical (unpaired) electrons. The van der Waals surface area contributed by atoms with Crippen molar-refractivity contribution < 1.29 is 14.4 Å². The van der Waals surface area contributed by atoms with Gasteiger partial charge in [-0.2, -0.15) is 0 Å². The molecule has 1 heterocycles. The summed E-state index contributed by atoms with van der Waals surface area (Å²) in [5, 5.41) is 0. The van der Waals surface area contributed by atoms with Gasteiger partial charge in [0.15, 0.2) is 0 Å². The summed E-state index contributed by atoms with van der Waals surface area (Å²) in [6.45, 7) is 5.34. The van der Waals surface area contributed by atoms with Crippen LogP contribution in [0.15, 0.2) is 46.9 Å². The van der Waals surface area contributed by atoms with Crippen LogP contribution in [0.4, 0.5) is 5.69 Å². The van der Waals surface area contributed by atoms with E-state index in [4.69, 9.17) is 9.47 Å². The second-order valence-electron chi connectivity index (χ2n) is 6.07. The number of ether oxygens (including phenoxy) is 2. The fraction of sp³-hybridized carbons (Fsp3) is 0.368. The fourth-order valence-corrected chi connectivity index (χ4v) is 3.63. The first-order valence-corrected chi connectivity index (χ1v) is 9.04. The van der Waals surface area contributed by atoms with E-state index < -0.39 is 0 Å². The van der Waals surface area contributed by atoms with Crippen LogP contribution in [0.3, 0.4) is 0 Å². The summed E-state index contributed by atoms with van der Waals surface area (Å²) in [5.74, 6) is 1.89. The van der Waals surface area contributed by atoms with Gasteiger partial charge < -0.3 is 19.3 Å². The van der Waals surface area contributed by atoms with Gasteiger partial charge in [-0.15, -0.1) is 0 Å². The SMILES string of the molecule is COc1cccc(N2CC[NH+](Cc3cc(Br)ccc3OC)CC2)c1. The van der Waals surface area contributed by atoms with Crippen molar-refractivity contribution in [2.24, 2.45) is 0 Å². The van der Waals surface area contributed by atoms with E-state index >= 15 is 0 Å². The first-order chi connectivity index (χ1) is 11.7. The standard InChI is InChI=1S/C19H23BrN2O2/c1-23-18-5-3-4-17(13-18)22-10-8-21(9-11-22)14-15-12-16(20)6-7-19(15)24-2/h3-7,12-13H,8-11,14H2,1-2H3/p+1. The molecule has 5 heteroatoms. The normalized spacial score (nSPS) is 15.4. The number of anilines is 1. The molecular formula is C19H24BrN2O2+. The topological polar surface area (TPSA) is 26.1 Å². The lowest BCUT2D eigenvalue weighted by Gasteiger charge is -2.34. The first-order valence-electron chi connectivity index (χ1n) is 8.24. The van der Waals surface area contributed by atoms with E-state index in [-0.39, 0.29) is 0 Å². The Balaban J connectivity index is 1.62. The van der Waals surface area contributed by atoms with E-state index in [1.54, 1.807) is 19.1 Å². The van der Waals surface area contributed by atoms with Gasteiger partial charge in [-0.1, -0.05) is 22.0 Å². The maximum absolute atomic E-state index is 5.50. The number of hydrogen-bond acceptors (Lipinski definition) is 3. The van der Waals surface area contributed by atoms with Gasteiger partial charge in [-0.3, -0.25) is 0 Å². The molecule has 1 aliphatic rings. The van der Waals surface area contributed by atoms with E-state index in [0.29, 0.717) is 0 Å². The predicted molar refractivity (Wildman–Crippen MR) is 100 cm³/mol. The minimum absolute atomic E-state index is 0.918. The van der Waals surface area contributed by atoms with Gasteiger partial charge in [0.2, 0.25) is 0 Å². The summed E-state index contributed by atoms with van der Waals surface area (Å²) >= 11 is 3.56. The Labute approximate surface area is 152 Å². The van der Waals surface area contributed by atoms with Crippen LogP contribution in [0.1, 0.15) is 5.56 Å². The third-order valence-corrected chi connectivity index (χ3v) is 5.07. The van der Waals surface area contributed by atoms with Crippen molar-refractivity contribution in [3.63, 3.8) is 0 Å². The van der Waals surface area contributed by atoms with Crippen molar-refractivity contribution in [2.75, 3.05) is 45.3 Å². The number of quaternary nitrogens is 1. The highest BCUT2D eigenvalue weighted by Crippen LogP contribution is 2.23. The molecule has 0 bridgehead atoms. The molecule has 3 rings (SSSR count). The van der Waals surface area contributed by atoms with Gasteiger partial charge in [0.25, 0.3) is 0 Å². The van der Waals surface area contributed by atoms with Gasteiger partial charge in [0.1, 0.15) is 18.0 Å². The van der Waals surface area contributed by atoms with Crippen LogP contribution >= 0.6 is 15.9 Å². The summed E-state index contributed by atoms with van der Waals surface area (Å²) in [5.41, 5.74) is 2.50. The molecule has 1 saturated heterocycles. The molecular weight excluding hydrogens is 368 g/mol. The highest BCUT2D eigenvalue weighted by Gasteiger charge is 2.21. The van der Waals surface area contributed by atoms with E-state index in [1.165, 1.54) is 11.3 Å².